The minimum absolute atomic E-state index is 0.111. The number of nitrogens with zero attached hydrogens (tertiary/aromatic N) is 1. The van der Waals surface area contributed by atoms with Gasteiger partial charge in [0.2, 0.25) is 0 Å². The lowest BCUT2D eigenvalue weighted by molar-refractivity contribution is 0.0818. The molecule has 2 amide bonds. The quantitative estimate of drug-likeness (QED) is 0.683. The van der Waals surface area contributed by atoms with Crippen LogP contribution in [0.25, 0.3) is 0 Å². The molecule has 162 valence electrons. The Morgan fingerprint density at radius 1 is 1.13 bits per heavy atom. The van der Waals surface area contributed by atoms with E-state index in [-0.39, 0.29) is 12.1 Å². The van der Waals surface area contributed by atoms with E-state index in [0.29, 0.717) is 12.3 Å². The first-order chi connectivity index (χ1) is 14.5. The van der Waals surface area contributed by atoms with E-state index in [9.17, 15) is 13.6 Å². The summed E-state index contributed by atoms with van der Waals surface area (Å²) in [7, 11) is 1.65. The number of ether oxygens (including phenoxy) is 2. The van der Waals surface area contributed by atoms with Gasteiger partial charge in [-0.1, -0.05) is 12.1 Å². The predicted octanol–water partition coefficient (Wildman–Crippen LogP) is 3.81. The molecule has 0 saturated carbocycles. The molecule has 0 unspecified atom stereocenters. The van der Waals surface area contributed by atoms with Crippen LogP contribution in [0.15, 0.2) is 48.5 Å². The van der Waals surface area contributed by atoms with E-state index in [2.05, 4.69) is 15.5 Å². The zero-order valence-corrected chi connectivity index (χ0v) is 16.9. The Labute approximate surface area is 175 Å². The lowest BCUT2D eigenvalue weighted by Gasteiger charge is -2.34. The monoisotopic (exact) mass is 419 g/mol. The van der Waals surface area contributed by atoms with Crippen molar-refractivity contribution in [2.45, 2.75) is 31.9 Å². The first-order valence-electron chi connectivity index (χ1n) is 9.97. The van der Waals surface area contributed by atoms with Crippen LogP contribution in [0, 0.1) is 0 Å². The summed E-state index contributed by atoms with van der Waals surface area (Å²) in [6.07, 6.45) is -0.805. The van der Waals surface area contributed by atoms with Crippen molar-refractivity contribution >= 4 is 11.7 Å². The van der Waals surface area contributed by atoms with E-state index in [1.54, 1.807) is 25.3 Å². The third-order valence-corrected chi connectivity index (χ3v) is 5.00. The van der Waals surface area contributed by atoms with Crippen LogP contribution in [-0.2, 0) is 6.54 Å². The number of benzene rings is 2. The number of nitrogens with one attached hydrogen (secondary N) is 2. The third-order valence-electron chi connectivity index (χ3n) is 5.00. The molecule has 30 heavy (non-hydrogen) atoms. The van der Waals surface area contributed by atoms with Gasteiger partial charge in [-0.25, -0.2) is 13.6 Å². The molecule has 2 aromatic rings. The lowest BCUT2D eigenvalue weighted by atomic mass is 10.0. The first kappa shape index (κ1) is 21.7. The maximum atomic E-state index is 12.3. The molecule has 1 aliphatic heterocycles. The number of carbonyl (C=O) groups is 1. The molecule has 6 nitrogen and oxygen atoms in total. The Morgan fingerprint density at radius 3 is 2.53 bits per heavy atom. The Kier molecular flexibility index (Phi) is 7.70. The van der Waals surface area contributed by atoms with Crippen molar-refractivity contribution in [1.29, 1.82) is 0 Å². The van der Waals surface area contributed by atoms with E-state index < -0.39 is 13.0 Å². The van der Waals surface area contributed by atoms with Crippen LogP contribution in [0.2, 0.25) is 0 Å². The van der Waals surface area contributed by atoms with Crippen LogP contribution < -0.4 is 25.0 Å². The maximum Gasteiger partial charge on any atom is 0.315 e. The number of methoxy groups -OCH3 is 1. The van der Waals surface area contributed by atoms with Gasteiger partial charge in [-0.3, -0.25) is 0 Å². The van der Waals surface area contributed by atoms with Gasteiger partial charge in [0.25, 0.3) is 6.43 Å². The predicted molar refractivity (Wildman–Crippen MR) is 112 cm³/mol. The number of alkyl halides is 2. The molecule has 0 radical (unpaired) electrons. The van der Waals surface area contributed by atoms with Crippen LogP contribution in [-0.4, -0.2) is 45.3 Å². The average molecular weight is 419 g/mol. The number of piperidine rings is 1. The molecule has 1 saturated heterocycles. The van der Waals surface area contributed by atoms with Crippen molar-refractivity contribution < 1.29 is 23.0 Å². The van der Waals surface area contributed by atoms with E-state index in [1.165, 1.54) is 0 Å². The number of halogens is 2. The minimum Gasteiger partial charge on any atom is -0.497 e. The maximum absolute atomic E-state index is 12.3. The topological polar surface area (TPSA) is 62.8 Å². The largest absolute Gasteiger partial charge is 0.497 e. The van der Waals surface area contributed by atoms with E-state index in [0.717, 1.165) is 42.9 Å². The summed E-state index contributed by atoms with van der Waals surface area (Å²) in [6.45, 7) is 1.37. The zero-order chi connectivity index (χ0) is 21.3. The molecule has 2 N–H and O–H groups in total. The Morgan fingerprint density at radius 2 is 1.87 bits per heavy atom. The molecule has 3 rings (SSSR count). The van der Waals surface area contributed by atoms with Gasteiger partial charge >= 0.3 is 6.03 Å². The van der Waals surface area contributed by atoms with Crippen molar-refractivity contribution in [3.8, 4) is 11.5 Å². The van der Waals surface area contributed by atoms with Crippen LogP contribution >= 0.6 is 0 Å². The summed E-state index contributed by atoms with van der Waals surface area (Å²) in [5.74, 6) is 1.19. The van der Waals surface area contributed by atoms with Crippen molar-refractivity contribution in [1.82, 2.24) is 10.6 Å². The lowest BCUT2D eigenvalue weighted by Crippen LogP contribution is -2.47. The highest BCUT2D eigenvalue weighted by atomic mass is 19.3. The molecule has 2 aromatic carbocycles. The van der Waals surface area contributed by atoms with E-state index >= 15 is 0 Å². The van der Waals surface area contributed by atoms with Gasteiger partial charge in [-0.15, -0.1) is 0 Å². The second-order valence-corrected chi connectivity index (χ2v) is 7.14. The van der Waals surface area contributed by atoms with Crippen molar-refractivity contribution in [3.63, 3.8) is 0 Å². The summed E-state index contributed by atoms with van der Waals surface area (Å²) in [6, 6.07) is 14.6. The number of urea groups is 1. The summed E-state index contributed by atoms with van der Waals surface area (Å²) in [5.41, 5.74) is 1.93. The normalized spacial score (nSPS) is 14.5. The van der Waals surface area contributed by atoms with Crippen LogP contribution in [0.3, 0.4) is 0 Å². The summed E-state index contributed by atoms with van der Waals surface area (Å²) < 4.78 is 34.7. The first-order valence-corrected chi connectivity index (χ1v) is 9.97. The molecular weight excluding hydrogens is 392 g/mol. The molecule has 0 bridgehead atoms. The molecule has 1 aliphatic rings. The summed E-state index contributed by atoms with van der Waals surface area (Å²) in [5, 5.41) is 5.82. The highest BCUT2D eigenvalue weighted by Crippen LogP contribution is 2.23. The van der Waals surface area contributed by atoms with Gasteiger partial charge < -0.3 is 25.0 Å². The molecule has 0 atom stereocenters. The molecule has 8 heteroatoms. The standard InChI is InChI=1S/C22H27F2N3O3/c1-29-19-7-5-18(6-8-19)27-11-9-17(10-12-27)26-22(28)25-14-16-3-2-4-20(13-16)30-15-21(23)24/h2-8,13,17,21H,9-12,14-15H2,1H3,(H2,25,26,28). The minimum atomic E-state index is -2.52. The fourth-order valence-corrected chi connectivity index (χ4v) is 3.40. The van der Waals surface area contributed by atoms with Gasteiger partial charge in [-0.05, 0) is 54.8 Å². The second-order valence-electron chi connectivity index (χ2n) is 7.14. The zero-order valence-electron chi connectivity index (χ0n) is 16.9. The number of anilines is 1. The van der Waals surface area contributed by atoms with Crippen molar-refractivity contribution in [3.05, 3.63) is 54.1 Å². The second kappa shape index (κ2) is 10.7. The summed E-state index contributed by atoms with van der Waals surface area (Å²) in [4.78, 5) is 14.5. The van der Waals surface area contributed by atoms with Crippen LogP contribution in [0.5, 0.6) is 11.5 Å². The molecule has 1 fully saturated rings. The van der Waals surface area contributed by atoms with Gasteiger partial charge in [0.05, 0.1) is 7.11 Å². The van der Waals surface area contributed by atoms with Crippen molar-refractivity contribution in [2.75, 3.05) is 31.7 Å². The Hall–Kier alpha value is -3.03. The van der Waals surface area contributed by atoms with Crippen LogP contribution in [0.1, 0.15) is 18.4 Å². The van der Waals surface area contributed by atoms with Gasteiger partial charge in [0.15, 0.2) is 0 Å². The Bertz CT molecular complexity index is 810. The highest BCUT2D eigenvalue weighted by Gasteiger charge is 2.21. The number of hydrogen-bond acceptors (Lipinski definition) is 4. The van der Waals surface area contributed by atoms with Gasteiger partial charge in [0, 0.05) is 31.4 Å². The number of hydrogen-bond donors (Lipinski definition) is 2. The molecular formula is C22H27F2N3O3. The van der Waals surface area contributed by atoms with Crippen molar-refractivity contribution in [2.24, 2.45) is 0 Å². The van der Waals surface area contributed by atoms with E-state index in [4.69, 9.17) is 9.47 Å². The van der Waals surface area contributed by atoms with E-state index in [1.807, 2.05) is 30.3 Å². The summed E-state index contributed by atoms with van der Waals surface area (Å²) >= 11 is 0. The number of amides is 2. The Balaban J connectivity index is 1.40. The number of carbonyl (C=O) groups excluding carboxylic acids is 1. The average Bonchev–Trinajstić information content (AvgIpc) is 2.77. The molecule has 0 aliphatic carbocycles. The van der Waals surface area contributed by atoms with Crippen LogP contribution in [0.4, 0.5) is 19.3 Å². The smallest absolute Gasteiger partial charge is 0.315 e. The third kappa shape index (κ3) is 6.50. The van der Waals surface area contributed by atoms with Gasteiger partial charge in [-0.2, -0.15) is 0 Å². The van der Waals surface area contributed by atoms with Gasteiger partial charge in [0.1, 0.15) is 18.1 Å². The molecule has 1 heterocycles. The highest BCUT2D eigenvalue weighted by molar-refractivity contribution is 5.74. The number of rotatable bonds is 8. The molecule has 0 spiro atoms. The fraction of sp³-hybridized carbons (Fsp3) is 0.409. The molecule has 0 aromatic heterocycles. The fourth-order valence-electron chi connectivity index (χ4n) is 3.40. The SMILES string of the molecule is COc1ccc(N2CCC(NC(=O)NCc3cccc(OCC(F)F)c3)CC2)cc1.